The molecule has 0 fully saturated rings. The number of fused-ring (bicyclic) bond motifs is 1. The average molecular weight is 265 g/mol. The molecule has 0 heterocycles. The second kappa shape index (κ2) is 6.81. The van der Waals surface area contributed by atoms with Gasteiger partial charge in [0.1, 0.15) is 0 Å². The molecule has 2 N–H and O–H groups in total. The Morgan fingerprint density at radius 1 is 1.33 bits per heavy atom. The molecular formula is C14H19NO2S. The van der Waals surface area contributed by atoms with E-state index in [1.54, 1.807) is 11.8 Å². The van der Waals surface area contributed by atoms with Gasteiger partial charge in [-0.15, -0.1) is 11.8 Å². The highest BCUT2D eigenvalue weighted by atomic mass is 32.2. The number of aryl methyl sites for hydroxylation is 2. The van der Waals surface area contributed by atoms with Gasteiger partial charge in [0.05, 0.1) is 5.75 Å². The van der Waals surface area contributed by atoms with Gasteiger partial charge < -0.3 is 10.4 Å². The summed E-state index contributed by atoms with van der Waals surface area (Å²) in [5.74, 6) is 0.485. The Balaban J connectivity index is 1.78. The van der Waals surface area contributed by atoms with Crippen molar-refractivity contribution >= 4 is 17.7 Å². The molecule has 0 aromatic heterocycles. The normalized spacial score (nSPS) is 13.4. The minimum Gasteiger partial charge on any atom is -0.396 e. The number of rotatable bonds is 6. The Labute approximate surface area is 112 Å². The molecule has 98 valence electrons. The van der Waals surface area contributed by atoms with E-state index in [1.807, 2.05) is 0 Å². The first-order valence-corrected chi connectivity index (χ1v) is 7.40. The van der Waals surface area contributed by atoms with Crippen LogP contribution in [0.5, 0.6) is 0 Å². The zero-order chi connectivity index (χ0) is 12.8. The molecule has 0 unspecified atom stereocenters. The molecule has 1 amide bonds. The Morgan fingerprint density at radius 2 is 2.17 bits per heavy atom. The van der Waals surface area contributed by atoms with Gasteiger partial charge in [-0.1, -0.05) is 6.07 Å². The van der Waals surface area contributed by atoms with Crippen molar-refractivity contribution in [3.63, 3.8) is 0 Å². The van der Waals surface area contributed by atoms with E-state index < -0.39 is 0 Å². The van der Waals surface area contributed by atoms with E-state index in [0.29, 0.717) is 18.7 Å². The molecule has 1 aromatic rings. The molecule has 0 atom stereocenters. The number of thioether (sulfide) groups is 1. The van der Waals surface area contributed by atoms with E-state index in [2.05, 4.69) is 23.5 Å². The largest absolute Gasteiger partial charge is 0.396 e. The van der Waals surface area contributed by atoms with Crippen LogP contribution in [0.3, 0.4) is 0 Å². The third-order valence-corrected chi connectivity index (χ3v) is 4.09. The zero-order valence-corrected chi connectivity index (χ0v) is 11.3. The average Bonchev–Trinajstić information content (AvgIpc) is 2.84. The molecule has 2 rings (SSSR count). The summed E-state index contributed by atoms with van der Waals surface area (Å²) in [6.07, 6.45) is 4.24. The second-order valence-electron chi connectivity index (χ2n) is 4.50. The van der Waals surface area contributed by atoms with Crippen LogP contribution in [0.15, 0.2) is 23.1 Å². The van der Waals surface area contributed by atoms with E-state index >= 15 is 0 Å². The van der Waals surface area contributed by atoms with Crippen LogP contribution in [-0.4, -0.2) is 29.9 Å². The summed E-state index contributed by atoms with van der Waals surface area (Å²) < 4.78 is 0. The lowest BCUT2D eigenvalue weighted by Gasteiger charge is -2.06. The van der Waals surface area contributed by atoms with Crippen molar-refractivity contribution in [1.82, 2.24) is 5.32 Å². The number of hydrogen-bond acceptors (Lipinski definition) is 3. The molecule has 1 aliphatic carbocycles. The molecule has 3 nitrogen and oxygen atoms in total. The summed E-state index contributed by atoms with van der Waals surface area (Å²) in [4.78, 5) is 12.7. The number of carbonyl (C=O) groups is 1. The van der Waals surface area contributed by atoms with Crippen LogP contribution in [0.25, 0.3) is 0 Å². The maximum absolute atomic E-state index is 11.5. The highest BCUT2D eigenvalue weighted by Gasteiger charge is 2.11. The molecule has 0 bridgehead atoms. The molecule has 1 aromatic carbocycles. The lowest BCUT2D eigenvalue weighted by atomic mass is 10.1. The van der Waals surface area contributed by atoms with Crippen molar-refractivity contribution in [2.75, 3.05) is 18.9 Å². The second-order valence-corrected chi connectivity index (χ2v) is 5.55. The summed E-state index contributed by atoms with van der Waals surface area (Å²) in [5.41, 5.74) is 2.91. The van der Waals surface area contributed by atoms with E-state index in [-0.39, 0.29) is 12.5 Å². The SMILES string of the molecule is O=C(CSc1ccc2c(c1)CCC2)NCCCO. The van der Waals surface area contributed by atoms with Gasteiger partial charge in [0.15, 0.2) is 0 Å². The van der Waals surface area contributed by atoms with E-state index in [1.165, 1.54) is 35.3 Å². The number of carbonyl (C=O) groups excluding carboxylic acids is 1. The van der Waals surface area contributed by atoms with Crippen LogP contribution in [0, 0.1) is 0 Å². The number of benzene rings is 1. The zero-order valence-electron chi connectivity index (χ0n) is 10.4. The van der Waals surface area contributed by atoms with Crippen LogP contribution in [0.1, 0.15) is 24.0 Å². The topological polar surface area (TPSA) is 49.3 Å². The molecule has 4 heteroatoms. The molecule has 0 saturated heterocycles. The highest BCUT2D eigenvalue weighted by Crippen LogP contribution is 2.27. The highest BCUT2D eigenvalue weighted by molar-refractivity contribution is 8.00. The Morgan fingerprint density at radius 3 is 3.00 bits per heavy atom. The summed E-state index contributed by atoms with van der Waals surface area (Å²) >= 11 is 1.58. The smallest absolute Gasteiger partial charge is 0.230 e. The molecular weight excluding hydrogens is 246 g/mol. The fourth-order valence-corrected chi connectivity index (χ4v) is 2.93. The van der Waals surface area contributed by atoms with Gasteiger partial charge >= 0.3 is 0 Å². The number of aliphatic hydroxyl groups excluding tert-OH is 1. The van der Waals surface area contributed by atoms with Gasteiger partial charge in [-0.25, -0.2) is 0 Å². The minimum atomic E-state index is 0.0361. The maximum Gasteiger partial charge on any atom is 0.230 e. The summed E-state index contributed by atoms with van der Waals surface area (Å²) in [6.45, 7) is 0.679. The third kappa shape index (κ3) is 3.75. The third-order valence-electron chi connectivity index (χ3n) is 3.10. The Hall–Kier alpha value is -1.00. The van der Waals surface area contributed by atoms with Crippen LogP contribution in [-0.2, 0) is 17.6 Å². The fraction of sp³-hybridized carbons (Fsp3) is 0.500. The number of hydrogen-bond donors (Lipinski definition) is 2. The van der Waals surface area contributed by atoms with Crippen molar-refractivity contribution in [3.05, 3.63) is 29.3 Å². The number of amides is 1. The van der Waals surface area contributed by atoms with Crippen LogP contribution < -0.4 is 5.32 Å². The van der Waals surface area contributed by atoms with Crippen LogP contribution >= 0.6 is 11.8 Å². The van der Waals surface area contributed by atoms with E-state index in [4.69, 9.17) is 5.11 Å². The molecule has 18 heavy (non-hydrogen) atoms. The van der Waals surface area contributed by atoms with Gasteiger partial charge in [0.25, 0.3) is 0 Å². The van der Waals surface area contributed by atoms with Gasteiger partial charge in [-0.2, -0.15) is 0 Å². The van der Waals surface area contributed by atoms with Crippen molar-refractivity contribution < 1.29 is 9.90 Å². The maximum atomic E-state index is 11.5. The monoisotopic (exact) mass is 265 g/mol. The van der Waals surface area contributed by atoms with Crippen LogP contribution in [0.2, 0.25) is 0 Å². The number of aliphatic hydroxyl groups is 1. The first kappa shape index (κ1) is 13.4. The quantitative estimate of drug-likeness (QED) is 0.609. The molecule has 0 spiro atoms. The van der Waals surface area contributed by atoms with Gasteiger partial charge in [-0.05, 0) is 48.9 Å². The minimum absolute atomic E-state index is 0.0361. The fourth-order valence-electron chi connectivity index (χ4n) is 2.14. The number of nitrogens with one attached hydrogen (secondary N) is 1. The van der Waals surface area contributed by atoms with Crippen molar-refractivity contribution in [2.24, 2.45) is 0 Å². The lowest BCUT2D eigenvalue weighted by Crippen LogP contribution is -2.26. The first-order chi connectivity index (χ1) is 8.79. The van der Waals surface area contributed by atoms with Gasteiger partial charge in [0, 0.05) is 18.0 Å². The summed E-state index contributed by atoms with van der Waals surface area (Å²) in [5, 5.41) is 11.4. The standard InChI is InChI=1S/C14H19NO2S/c16-8-2-7-15-14(17)10-18-13-6-5-11-3-1-4-12(11)9-13/h5-6,9,16H,1-4,7-8,10H2,(H,15,17). The van der Waals surface area contributed by atoms with Gasteiger partial charge in [0.2, 0.25) is 5.91 Å². The lowest BCUT2D eigenvalue weighted by molar-refractivity contribution is -0.118. The van der Waals surface area contributed by atoms with E-state index in [9.17, 15) is 4.79 Å². The molecule has 0 radical (unpaired) electrons. The van der Waals surface area contributed by atoms with Crippen molar-refractivity contribution in [3.8, 4) is 0 Å². The van der Waals surface area contributed by atoms with Crippen molar-refractivity contribution in [2.45, 2.75) is 30.6 Å². The Kier molecular flexibility index (Phi) is 5.08. The molecule has 0 saturated carbocycles. The Bertz CT molecular complexity index is 420. The predicted molar refractivity (Wildman–Crippen MR) is 73.9 cm³/mol. The van der Waals surface area contributed by atoms with Crippen molar-refractivity contribution in [1.29, 1.82) is 0 Å². The molecule has 1 aliphatic rings. The first-order valence-electron chi connectivity index (χ1n) is 6.42. The summed E-state index contributed by atoms with van der Waals surface area (Å²) in [7, 11) is 0. The summed E-state index contributed by atoms with van der Waals surface area (Å²) in [6, 6.07) is 6.51. The molecule has 0 aliphatic heterocycles. The van der Waals surface area contributed by atoms with Crippen LogP contribution in [0.4, 0.5) is 0 Å². The van der Waals surface area contributed by atoms with Gasteiger partial charge in [-0.3, -0.25) is 4.79 Å². The predicted octanol–water partition coefficient (Wildman–Crippen LogP) is 1.77. The van der Waals surface area contributed by atoms with E-state index in [0.717, 1.165) is 0 Å².